The van der Waals surface area contributed by atoms with Crippen LogP contribution in [-0.4, -0.2) is 22.2 Å². The number of unbranched alkanes of at least 4 members (excludes halogenated alkanes) is 12. The molecule has 2 aromatic carbocycles. The molecule has 2 atom stereocenters. The number of rotatable bonds is 20. The predicted octanol–water partition coefficient (Wildman–Crippen LogP) is 8.92. The first-order valence-electron chi connectivity index (χ1n) is 14.2. The summed E-state index contributed by atoms with van der Waals surface area (Å²) in [5.74, 6) is 0. The Kier molecular flexibility index (Phi) is 15.7. The second kappa shape index (κ2) is 18.7. The smallest absolute Gasteiger partial charge is 0.0693 e. The van der Waals surface area contributed by atoms with Gasteiger partial charge in [-0.1, -0.05) is 151 Å². The lowest BCUT2D eigenvalue weighted by molar-refractivity contribution is 0.0421. The number of aliphatic hydroxyl groups excluding tert-OH is 1. The maximum absolute atomic E-state index is 11.0. The number of hydrogen-bond donors (Lipinski definition) is 1. The Morgan fingerprint density at radius 2 is 0.971 bits per heavy atom. The average Bonchev–Trinajstić information content (AvgIpc) is 2.87. The van der Waals surface area contributed by atoms with E-state index < -0.39 is 0 Å². The predicted molar refractivity (Wildman–Crippen MR) is 148 cm³/mol. The molecular weight excluding hydrogens is 414 g/mol. The van der Waals surface area contributed by atoms with E-state index in [4.69, 9.17) is 0 Å². The summed E-state index contributed by atoms with van der Waals surface area (Å²) in [5.41, 5.74) is 2.61. The first kappa shape index (κ1) is 28.6. The van der Waals surface area contributed by atoms with Crippen LogP contribution in [-0.2, 0) is 13.1 Å². The fourth-order valence-corrected chi connectivity index (χ4v) is 4.84. The fourth-order valence-electron chi connectivity index (χ4n) is 4.84. The highest BCUT2D eigenvalue weighted by atomic mass is 16.3. The number of aliphatic hydroxyl groups is 1. The molecule has 190 valence electrons. The van der Waals surface area contributed by atoms with Crippen LogP contribution in [0, 0.1) is 0 Å². The lowest BCUT2D eigenvalue weighted by atomic mass is 10.0. The molecule has 34 heavy (non-hydrogen) atoms. The van der Waals surface area contributed by atoms with Crippen molar-refractivity contribution in [3.8, 4) is 0 Å². The van der Waals surface area contributed by atoms with Gasteiger partial charge in [-0.05, 0) is 24.5 Å². The summed E-state index contributed by atoms with van der Waals surface area (Å²) in [6.45, 7) is 6.21. The second-order valence-electron chi connectivity index (χ2n) is 10.2. The molecule has 0 fully saturated rings. The Morgan fingerprint density at radius 3 is 1.38 bits per heavy atom. The lowest BCUT2D eigenvalue weighted by Crippen LogP contribution is -2.40. The molecule has 0 radical (unpaired) electrons. The van der Waals surface area contributed by atoms with Crippen LogP contribution in [0.2, 0.25) is 0 Å². The SMILES string of the molecule is CCCCCCCCCCCCCCCC(O)[C@H](C)N(Cc1ccccc1)Cc1ccccc1. The van der Waals surface area contributed by atoms with E-state index in [-0.39, 0.29) is 12.1 Å². The largest absolute Gasteiger partial charge is 0.392 e. The normalized spacial score (nSPS) is 13.3. The van der Waals surface area contributed by atoms with Crippen molar-refractivity contribution in [2.75, 3.05) is 0 Å². The van der Waals surface area contributed by atoms with Crippen LogP contribution in [0.1, 0.15) is 115 Å². The van der Waals surface area contributed by atoms with Crippen LogP contribution in [0.15, 0.2) is 60.7 Å². The molecule has 0 aliphatic rings. The van der Waals surface area contributed by atoms with Gasteiger partial charge in [0.2, 0.25) is 0 Å². The molecule has 0 heterocycles. The zero-order chi connectivity index (χ0) is 24.3. The van der Waals surface area contributed by atoms with Crippen LogP contribution in [0.5, 0.6) is 0 Å². The van der Waals surface area contributed by atoms with Crippen molar-refractivity contribution in [2.45, 2.75) is 129 Å². The Bertz CT molecular complexity index is 660. The molecule has 0 saturated heterocycles. The van der Waals surface area contributed by atoms with E-state index in [2.05, 4.69) is 79.4 Å². The summed E-state index contributed by atoms with van der Waals surface area (Å²) in [6.07, 6.45) is 18.4. The minimum absolute atomic E-state index is 0.137. The highest BCUT2D eigenvalue weighted by Crippen LogP contribution is 2.19. The quantitative estimate of drug-likeness (QED) is 0.197. The van der Waals surface area contributed by atoms with Gasteiger partial charge in [0, 0.05) is 19.1 Å². The topological polar surface area (TPSA) is 23.5 Å². The van der Waals surface area contributed by atoms with Gasteiger partial charge in [0.1, 0.15) is 0 Å². The highest BCUT2D eigenvalue weighted by molar-refractivity contribution is 5.17. The van der Waals surface area contributed by atoms with E-state index in [1.807, 2.05) is 0 Å². The van der Waals surface area contributed by atoms with E-state index in [0.717, 1.165) is 25.9 Å². The van der Waals surface area contributed by atoms with Crippen molar-refractivity contribution in [1.82, 2.24) is 4.90 Å². The first-order chi connectivity index (χ1) is 16.7. The van der Waals surface area contributed by atoms with E-state index in [9.17, 15) is 5.11 Å². The van der Waals surface area contributed by atoms with E-state index >= 15 is 0 Å². The van der Waals surface area contributed by atoms with Gasteiger partial charge >= 0.3 is 0 Å². The highest BCUT2D eigenvalue weighted by Gasteiger charge is 2.22. The Morgan fingerprint density at radius 1 is 0.588 bits per heavy atom. The van der Waals surface area contributed by atoms with Crippen LogP contribution < -0.4 is 0 Å². The molecule has 0 aliphatic heterocycles. The number of hydrogen-bond acceptors (Lipinski definition) is 2. The molecule has 0 aliphatic carbocycles. The van der Waals surface area contributed by atoms with Crippen LogP contribution in [0.25, 0.3) is 0 Å². The summed E-state index contributed by atoms with van der Waals surface area (Å²) in [4.78, 5) is 2.43. The third-order valence-corrected chi connectivity index (χ3v) is 7.19. The first-order valence-corrected chi connectivity index (χ1v) is 14.2. The van der Waals surface area contributed by atoms with Gasteiger partial charge in [0.05, 0.1) is 6.10 Å². The summed E-state index contributed by atoms with van der Waals surface area (Å²) in [6, 6.07) is 21.4. The average molecular weight is 466 g/mol. The molecular formula is C32H51NO. The molecule has 2 rings (SSSR count). The third kappa shape index (κ3) is 12.7. The summed E-state index contributed by atoms with van der Waals surface area (Å²) in [7, 11) is 0. The van der Waals surface area contributed by atoms with Crippen molar-refractivity contribution in [3.63, 3.8) is 0 Å². The fraction of sp³-hybridized carbons (Fsp3) is 0.625. The minimum atomic E-state index is -0.278. The van der Waals surface area contributed by atoms with Crippen molar-refractivity contribution < 1.29 is 5.11 Å². The van der Waals surface area contributed by atoms with Crippen molar-refractivity contribution in [2.24, 2.45) is 0 Å². The second-order valence-corrected chi connectivity index (χ2v) is 10.2. The molecule has 0 amide bonds. The standard InChI is InChI=1S/C32H51NO/c1-3-4-5-6-7-8-9-10-11-12-13-14-21-26-32(34)29(2)33(27-30-22-17-15-18-23-30)28-31-24-19-16-20-25-31/h15-20,22-25,29,32,34H,3-14,21,26-28H2,1-2H3/t29-,32?/m0/s1. The maximum atomic E-state index is 11.0. The molecule has 0 saturated carbocycles. The van der Waals surface area contributed by atoms with Gasteiger partial charge in [-0.25, -0.2) is 0 Å². The molecule has 0 aromatic heterocycles. The van der Waals surface area contributed by atoms with Crippen molar-refractivity contribution in [3.05, 3.63) is 71.8 Å². The third-order valence-electron chi connectivity index (χ3n) is 7.19. The molecule has 0 bridgehead atoms. The summed E-state index contributed by atoms with van der Waals surface area (Å²) >= 11 is 0. The van der Waals surface area contributed by atoms with Crippen LogP contribution in [0.4, 0.5) is 0 Å². The van der Waals surface area contributed by atoms with Gasteiger partial charge in [-0.3, -0.25) is 4.90 Å². The molecule has 0 spiro atoms. The van der Waals surface area contributed by atoms with Gasteiger partial charge in [0.15, 0.2) is 0 Å². The Labute approximate surface area is 210 Å². The lowest BCUT2D eigenvalue weighted by Gasteiger charge is -2.32. The van der Waals surface area contributed by atoms with E-state index in [1.54, 1.807) is 0 Å². The molecule has 2 aromatic rings. The monoisotopic (exact) mass is 465 g/mol. The van der Waals surface area contributed by atoms with E-state index in [0.29, 0.717) is 0 Å². The number of benzene rings is 2. The van der Waals surface area contributed by atoms with Crippen LogP contribution >= 0.6 is 0 Å². The molecule has 1 unspecified atom stereocenters. The van der Waals surface area contributed by atoms with Gasteiger partial charge in [-0.2, -0.15) is 0 Å². The zero-order valence-electron chi connectivity index (χ0n) is 22.1. The Balaban J connectivity index is 1.63. The van der Waals surface area contributed by atoms with Crippen molar-refractivity contribution >= 4 is 0 Å². The zero-order valence-corrected chi connectivity index (χ0v) is 22.1. The molecule has 2 nitrogen and oxygen atoms in total. The summed E-state index contributed by atoms with van der Waals surface area (Å²) < 4.78 is 0. The van der Waals surface area contributed by atoms with Crippen LogP contribution in [0.3, 0.4) is 0 Å². The maximum Gasteiger partial charge on any atom is 0.0693 e. The molecule has 1 N–H and O–H groups in total. The number of nitrogens with zero attached hydrogens (tertiary/aromatic N) is 1. The minimum Gasteiger partial charge on any atom is -0.392 e. The van der Waals surface area contributed by atoms with Gasteiger partial charge < -0.3 is 5.11 Å². The van der Waals surface area contributed by atoms with Crippen molar-refractivity contribution in [1.29, 1.82) is 0 Å². The Hall–Kier alpha value is -1.64. The summed E-state index contributed by atoms with van der Waals surface area (Å²) in [5, 5.41) is 11.0. The van der Waals surface area contributed by atoms with E-state index in [1.165, 1.54) is 88.2 Å². The van der Waals surface area contributed by atoms with Gasteiger partial charge in [0.25, 0.3) is 0 Å². The van der Waals surface area contributed by atoms with Gasteiger partial charge in [-0.15, -0.1) is 0 Å². The molecule has 2 heteroatoms.